The zero-order valence-corrected chi connectivity index (χ0v) is 6.77. The molecule has 1 heterocycles. The summed E-state index contributed by atoms with van der Waals surface area (Å²) in [7, 11) is 0. The van der Waals surface area contributed by atoms with E-state index in [1.807, 2.05) is 0 Å². The molecule has 1 aliphatic carbocycles. The van der Waals surface area contributed by atoms with Crippen LogP contribution in [0.3, 0.4) is 0 Å². The van der Waals surface area contributed by atoms with Crippen LogP contribution in [0.5, 0.6) is 0 Å². The normalized spacial score (nSPS) is 47.1. The molecular weight excluding hydrogens is 122 g/mol. The summed E-state index contributed by atoms with van der Waals surface area (Å²) in [6.07, 6.45) is 5.79. The third kappa shape index (κ3) is 0.968. The predicted molar refractivity (Wildman–Crippen MR) is 42.9 cm³/mol. The highest BCUT2D eigenvalue weighted by Crippen LogP contribution is 2.35. The minimum absolute atomic E-state index is 0.892. The van der Waals surface area contributed by atoms with Gasteiger partial charge in [0.1, 0.15) is 0 Å². The summed E-state index contributed by atoms with van der Waals surface area (Å²) < 4.78 is 0. The number of nitrogens with one attached hydrogen (secondary N) is 1. The summed E-state index contributed by atoms with van der Waals surface area (Å²) in [5.74, 6) is 2.02. The van der Waals surface area contributed by atoms with Gasteiger partial charge in [0.25, 0.3) is 0 Å². The van der Waals surface area contributed by atoms with Crippen molar-refractivity contribution in [2.75, 3.05) is 6.54 Å². The van der Waals surface area contributed by atoms with Gasteiger partial charge in [0.2, 0.25) is 0 Å². The first-order chi connectivity index (χ1) is 4.88. The van der Waals surface area contributed by atoms with Crippen LogP contribution in [-0.2, 0) is 0 Å². The highest BCUT2D eigenvalue weighted by molar-refractivity contribution is 4.89. The molecule has 2 aliphatic rings. The molecule has 1 aliphatic heterocycles. The number of piperidine rings is 1. The second-order valence-electron chi connectivity index (χ2n) is 3.92. The predicted octanol–water partition coefficient (Wildman–Crippen LogP) is 1.78. The van der Waals surface area contributed by atoms with Gasteiger partial charge in [-0.1, -0.05) is 13.3 Å². The Morgan fingerprint density at radius 3 is 2.90 bits per heavy atom. The van der Waals surface area contributed by atoms with Gasteiger partial charge in [-0.25, -0.2) is 0 Å². The zero-order chi connectivity index (χ0) is 6.97. The summed E-state index contributed by atoms with van der Waals surface area (Å²) in [6, 6.07) is 0.892. The van der Waals surface area contributed by atoms with E-state index in [1.165, 1.54) is 32.2 Å². The first kappa shape index (κ1) is 6.66. The van der Waals surface area contributed by atoms with Gasteiger partial charge in [-0.15, -0.1) is 0 Å². The Bertz CT molecular complexity index is 122. The van der Waals surface area contributed by atoms with E-state index in [-0.39, 0.29) is 0 Å². The van der Waals surface area contributed by atoms with Crippen molar-refractivity contribution in [3.8, 4) is 0 Å². The fraction of sp³-hybridized carbons (Fsp3) is 1.00. The topological polar surface area (TPSA) is 12.0 Å². The molecule has 1 saturated heterocycles. The molecule has 10 heavy (non-hydrogen) atoms. The van der Waals surface area contributed by atoms with Crippen LogP contribution in [0, 0.1) is 11.8 Å². The van der Waals surface area contributed by atoms with Crippen LogP contribution in [-0.4, -0.2) is 12.6 Å². The Morgan fingerprint density at radius 1 is 1.20 bits per heavy atom. The maximum absolute atomic E-state index is 3.61. The lowest BCUT2D eigenvalue weighted by Gasteiger charge is -2.32. The van der Waals surface area contributed by atoms with Crippen molar-refractivity contribution in [1.29, 1.82) is 0 Å². The summed E-state index contributed by atoms with van der Waals surface area (Å²) in [4.78, 5) is 0. The molecule has 0 aromatic rings. The number of hydrogen-bond donors (Lipinski definition) is 1. The summed E-state index contributed by atoms with van der Waals surface area (Å²) >= 11 is 0. The molecule has 0 aromatic carbocycles. The van der Waals surface area contributed by atoms with Crippen molar-refractivity contribution in [1.82, 2.24) is 5.32 Å². The minimum Gasteiger partial charge on any atom is -0.314 e. The molecule has 1 saturated carbocycles. The lowest BCUT2D eigenvalue weighted by atomic mass is 9.84. The average molecular weight is 139 g/mol. The highest BCUT2D eigenvalue weighted by Gasteiger charge is 2.33. The average Bonchev–Trinajstić information content (AvgIpc) is 2.36. The molecular formula is C9H17N. The molecule has 3 atom stereocenters. The number of rotatable bonds is 0. The molecule has 1 heteroatoms. The first-order valence-corrected chi connectivity index (χ1v) is 4.61. The molecule has 58 valence electrons. The molecule has 2 fully saturated rings. The second-order valence-corrected chi connectivity index (χ2v) is 3.92. The van der Waals surface area contributed by atoms with Crippen LogP contribution in [0.15, 0.2) is 0 Å². The van der Waals surface area contributed by atoms with Gasteiger partial charge in [-0.05, 0) is 37.6 Å². The Hall–Kier alpha value is -0.0400. The van der Waals surface area contributed by atoms with Gasteiger partial charge in [0, 0.05) is 6.04 Å². The molecule has 3 unspecified atom stereocenters. The van der Waals surface area contributed by atoms with E-state index in [4.69, 9.17) is 0 Å². The molecule has 1 nitrogen and oxygen atoms in total. The van der Waals surface area contributed by atoms with Crippen LogP contribution >= 0.6 is 0 Å². The van der Waals surface area contributed by atoms with E-state index < -0.39 is 0 Å². The number of hydrogen-bond acceptors (Lipinski definition) is 1. The molecule has 2 rings (SSSR count). The second kappa shape index (κ2) is 2.54. The molecule has 1 N–H and O–H groups in total. The van der Waals surface area contributed by atoms with E-state index in [0.29, 0.717) is 0 Å². The zero-order valence-electron chi connectivity index (χ0n) is 6.77. The van der Waals surface area contributed by atoms with Crippen LogP contribution < -0.4 is 5.32 Å². The monoisotopic (exact) mass is 139 g/mol. The fourth-order valence-corrected chi connectivity index (χ4v) is 2.63. The minimum atomic E-state index is 0.892. The van der Waals surface area contributed by atoms with E-state index >= 15 is 0 Å². The highest BCUT2D eigenvalue weighted by atomic mass is 14.9. The van der Waals surface area contributed by atoms with Crippen molar-refractivity contribution in [2.45, 2.75) is 38.6 Å². The largest absolute Gasteiger partial charge is 0.314 e. The van der Waals surface area contributed by atoms with Gasteiger partial charge >= 0.3 is 0 Å². The van der Waals surface area contributed by atoms with E-state index in [1.54, 1.807) is 0 Å². The molecule has 0 radical (unpaired) electrons. The van der Waals surface area contributed by atoms with E-state index in [2.05, 4.69) is 12.2 Å². The Labute approximate surface area is 63.2 Å². The smallest absolute Gasteiger partial charge is 0.00978 e. The van der Waals surface area contributed by atoms with Crippen LogP contribution in [0.4, 0.5) is 0 Å². The van der Waals surface area contributed by atoms with Gasteiger partial charge in [-0.2, -0.15) is 0 Å². The van der Waals surface area contributed by atoms with Crippen molar-refractivity contribution >= 4 is 0 Å². The molecule has 0 aromatic heterocycles. The third-order valence-corrected chi connectivity index (χ3v) is 3.31. The van der Waals surface area contributed by atoms with Gasteiger partial charge in [0.05, 0.1) is 0 Å². The van der Waals surface area contributed by atoms with Gasteiger partial charge in [0.15, 0.2) is 0 Å². The lowest BCUT2D eigenvalue weighted by Crippen LogP contribution is -2.41. The summed E-state index contributed by atoms with van der Waals surface area (Å²) in [5.41, 5.74) is 0. The fourth-order valence-electron chi connectivity index (χ4n) is 2.63. The Balaban J connectivity index is 2.03. The van der Waals surface area contributed by atoms with Crippen molar-refractivity contribution in [3.63, 3.8) is 0 Å². The van der Waals surface area contributed by atoms with Crippen molar-refractivity contribution in [3.05, 3.63) is 0 Å². The van der Waals surface area contributed by atoms with Crippen LogP contribution in [0.2, 0.25) is 0 Å². The summed E-state index contributed by atoms with van der Waals surface area (Å²) in [6.45, 7) is 3.69. The maximum atomic E-state index is 3.61. The van der Waals surface area contributed by atoms with E-state index in [9.17, 15) is 0 Å². The lowest BCUT2D eigenvalue weighted by molar-refractivity contribution is 0.232. The third-order valence-electron chi connectivity index (χ3n) is 3.31. The van der Waals surface area contributed by atoms with Crippen LogP contribution in [0.25, 0.3) is 0 Å². The SMILES string of the molecule is CC1CCNC2CCCC12. The molecule has 0 amide bonds. The van der Waals surface area contributed by atoms with Crippen LogP contribution in [0.1, 0.15) is 32.6 Å². The van der Waals surface area contributed by atoms with Gasteiger partial charge < -0.3 is 5.32 Å². The Kier molecular flexibility index (Phi) is 1.69. The molecule has 0 bridgehead atoms. The standard InChI is InChI=1S/C9H17N/c1-7-5-6-10-9-4-2-3-8(7)9/h7-10H,2-6H2,1H3. The number of fused-ring (bicyclic) bond motifs is 1. The van der Waals surface area contributed by atoms with E-state index in [0.717, 1.165) is 17.9 Å². The Morgan fingerprint density at radius 2 is 2.10 bits per heavy atom. The van der Waals surface area contributed by atoms with Gasteiger partial charge in [-0.3, -0.25) is 0 Å². The quantitative estimate of drug-likeness (QED) is 0.539. The molecule has 0 spiro atoms. The van der Waals surface area contributed by atoms with Crippen molar-refractivity contribution < 1.29 is 0 Å². The maximum Gasteiger partial charge on any atom is 0.00978 e. The summed E-state index contributed by atoms with van der Waals surface area (Å²) in [5, 5.41) is 3.61. The van der Waals surface area contributed by atoms with Crippen molar-refractivity contribution in [2.24, 2.45) is 11.8 Å². The first-order valence-electron chi connectivity index (χ1n) is 4.61.